The second-order valence-corrected chi connectivity index (χ2v) is 17.0. The Kier molecular flexibility index (Phi) is 8.81. The molecule has 0 bridgehead atoms. The summed E-state index contributed by atoms with van der Waals surface area (Å²) in [4.78, 5) is 4.86. The second kappa shape index (κ2) is 15.4. The normalized spacial score (nSPS) is 11.6. The highest BCUT2D eigenvalue weighted by Gasteiger charge is 2.23. The van der Waals surface area contributed by atoms with Crippen molar-refractivity contribution in [2.45, 2.75) is 0 Å². The molecule has 2 aromatic heterocycles. The van der Waals surface area contributed by atoms with E-state index in [4.69, 9.17) is 0 Å². The van der Waals surface area contributed by atoms with Gasteiger partial charge in [-0.3, -0.25) is 0 Å². The van der Waals surface area contributed by atoms with Gasteiger partial charge >= 0.3 is 0 Å². The minimum atomic E-state index is 1.06. The molecule has 0 radical (unpaired) electrons. The van der Waals surface area contributed by atoms with Crippen LogP contribution in [-0.4, -0.2) is 9.13 Å². The largest absolute Gasteiger partial charge is 0.310 e. The third-order valence-electron chi connectivity index (χ3n) is 13.2. The number of para-hydroxylation sites is 5. The third kappa shape index (κ3) is 6.07. The molecule has 13 rings (SSSR count). The fraction of sp³-hybridized carbons (Fsp3) is 0. The maximum Gasteiger partial charge on any atom is 0.0546 e. The molecule has 11 aromatic carbocycles. The Balaban J connectivity index is 1.04. The van der Waals surface area contributed by atoms with Crippen LogP contribution in [0.1, 0.15) is 0 Å². The lowest BCUT2D eigenvalue weighted by molar-refractivity contribution is 1.18. The predicted molar refractivity (Wildman–Crippen MR) is 279 cm³/mol. The number of hydrogen-bond acceptors (Lipinski definition) is 2. The van der Waals surface area contributed by atoms with E-state index in [9.17, 15) is 0 Å². The molecule has 0 unspecified atom stereocenters. The zero-order valence-corrected chi connectivity index (χ0v) is 36.0. The molecule has 0 aliphatic carbocycles. The van der Waals surface area contributed by atoms with Gasteiger partial charge in [-0.05, 0) is 125 Å². The minimum absolute atomic E-state index is 1.06. The van der Waals surface area contributed by atoms with Crippen LogP contribution in [-0.2, 0) is 0 Å². The number of anilines is 6. The number of rotatable bonds is 8. The summed E-state index contributed by atoms with van der Waals surface area (Å²) in [5, 5.41) is 9.70. The molecule has 0 aliphatic rings. The monoisotopic (exact) mass is 842 g/mol. The quantitative estimate of drug-likeness (QED) is 0.142. The van der Waals surface area contributed by atoms with Gasteiger partial charge in [-0.25, -0.2) is 0 Å². The van der Waals surface area contributed by atoms with Gasteiger partial charge in [-0.15, -0.1) is 0 Å². The Morgan fingerprint density at radius 2 is 0.636 bits per heavy atom. The lowest BCUT2D eigenvalue weighted by atomic mass is 9.98. The van der Waals surface area contributed by atoms with Crippen LogP contribution in [0.15, 0.2) is 255 Å². The van der Waals surface area contributed by atoms with E-state index in [1.807, 2.05) is 0 Å². The Hall–Kier alpha value is -8.86. The lowest BCUT2D eigenvalue weighted by Gasteiger charge is -2.30. The van der Waals surface area contributed by atoms with Gasteiger partial charge in [0.2, 0.25) is 0 Å². The van der Waals surface area contributed by atoms with E-state index in [1.54, 1.807) is 0 Å². The standard InChI is InChI=1S/C62H42N4/c1-4-20-44(21-5-1)63(49-35-37-60-56(41-49)54-31-14-16-33-58(54)65(60)45-22-6-2-7-23-45)47-26-18-27-48(40-47)64(62-39-43-19-10-11-28-51(43)52-29-12-13-30-53(52)62)50-36-38-61-57(42-50)55-32-15-17-34-59(55)66(61)46-24-8-3-9-25-46/h1-42H. The van der Waals surface area contributed by atoms with Crippen molar-refractivity contribution in [3.63, 3.8) is 0 Å². The summed E-state index contributed by atoms with van der Waals surface area (Å²) in [6.07, 6.45) is 0. The summed E-state index contributed by atoms with van der Waals surface area (Å²) in [5.41, 5.74) is 13.5. The Labute approximate surface area is 382 Å². The molecule has 0 fully saturated rings. The highest BCUT2D eigenvalue weighted by molar-refractivity contribution is 6.16. The molecule has 0 N–H and O–H groups in total. The number of fused-ring (bicyclic) bond motifs is 9. The van der Waals surface area contributed by atoms with Gasteiger partial charge in [-0.2, -0.15) is 0 Å². The lowest BCUT2D eigenvalue weighted by Crippen LogP contribution is -2.13. The first kappa shape index (κ1) is 37.7. The molecule has 66 heavy (non-hydrogen) atoms. The van der Waals surface area contributed by atoms with Gasteiger partial charge in [-0.1, -0.05) is 146 Å². The summed E-state index contributed by atoms with van der Waals surface area (Å²) in [5.74, 6) is 0. The average molecular weight is 843 g/mol. The summed E-state index contributed by atoms with van der Waals surface area (Å²) in [6.45, 7) is 0. The molecule has 13 aromatic rings. The fourth-order valence-corrected chi connectivity index (χ4v) is 10.4. The Bertz CT molecular complexity index is 3940. The van der Waals surface area contributed by atoms with E-state index in [-0.39, 0.29) is 0 Å². The van der Waals surface area contributed by atoms with Crippen molar-refractivity contribution in [2.75, 3.05) is 9.80 Å². The van der Waals surface area contributed by atoms with Crippen LogP contribution < -0.4 is 9.80 Å². The van der Waals surface area contributed by atoms with E-state index in [1.165, 1.54) is 65.2 Å². The highest BCUT2D eigenvalue weighted by Crippen LogP contribution is 2.47. The van der Waals surface area contributed by atoms with Crippen molar-refractivity contribution >= 4 is 99.3 Å². The van der Waals surface area contributed by atoms with Crippen LogP contribution in [0.25, 0.3) is 76.5 Å². The average Bonchev–Trinajstić information content (AvgIpc) is 3.90. The van der Waals surface area contributed by atoms with Gasteiger partial charge < -0.3 is 18.9 Å². The fourth-order valence-electron chi connectivity index (χ4n) is 10.4. The van der Waals surface area contributed by atoms with Gasteiger partial charge in [0.15, 0.2) is 0 Å². The molecular formula is C62H42N4. The molecule has 0 aliphatic heterocycles. The van der Waals surface area contributed by atoms with Crippen molar-refractivity contribution < 1.29 is 0 Å². The Morgan fingerprint density at radius 1 is 0.227 bits per heavy atom. The SMILES string of the molecule is c1ccc(N(c2cccc(N(c3ccc4c(c3)c3ccccc3n4-c3ccccc3)c3cc4ccccc4c4ccccc34)c2)c2ccc3c(c2)c2ccccc2n3-c2ccccc2)cc1. The van der Waals surface area contributed by atoms with Gasteiger partial charge in [0.1, 0.15) is 0 Å². The van der Waals surface area contributed by atoms with Crippen molar-refractivity contribution in [3.05, 3.63) is 255 Å². The van der Waals surface area contributed by atoms with Crippen molar-refractivity contribution in [1.82, 2.24) is 9.13 Å². The maximum atomic E-state index is 2.46. The van der Waals surface area contributed by atoms with Gasteiger partial charge in [0.25, 0.3) is 0 Å². The molecular weight excluding hydrogens is 801 g/mol. The van der Waals surface area contributed by atoms with Crippen LogP contribution in [0.2, 0.25) is 0 Å². The number of nitrogens with zero attached hydrogens (tertiary/aromatic N) is 4. The van der Waals surface area contributed by atoms with Crippen molar-refractivity contribution in [1.29, 1.82) is 0 Å². The number of benzene rings is 11. The molecule has 2 heterocycles. The van der Waals surface area contributed by atoms with Crippen LogP contribution in [0.3, 0.4) is 0 Å². The number of aromatic nitrogens is 2. The molecule has 0 atom stereocenters. The van der Waals surface area contributed by atoms with Crippen LogP contribution in [0.5, 0.6) is 0 Å². The molecule has 0 saturated carbocycles. The van der Waals surface area contributed by atoms with E-state index in [2.05, 4.69) is 274 Å². The smallest absolute Gasteiger partial charge is 0.0546 e. The van der Waals surface area contributed by atoms with Crippen LogP contribution >= 0.6 is 0 Å². The zero-order valence-electron chi connectivity index (χ0n) is 36.0. The van der Waals surface area contributed by atoms with E-state index < -0.39 is 0 Å². The van der Waals surface area contributed by atoms with Crippen LogP contribution in [0, 0.1) is 0 Å². The summed E-state index contributed by atoms with van der Waals surface area (Å²) in [6, 6.07) is 92.5. The topological polar surface area (TPSA) is 16.3 Å². The summed E-state index contributed by atoms with van der Waals surface area (Å²) < 4.78 is 4.76. The van der Waals surface area contributed by atoms with Gasteiger partial charge in [0, 0.05) is 66.7 Å². The first-order valence-electron chi connectivity index (χ1n) is 22.6. The van der Waals surface area contributed by atoms with Crippen molar-refractivity contribution in [3.8, 4) is 11.4 Å². The predicted octanol–water partition coefficient (Wildman–Crippen LogP) is 17.1. The molecule has 0 saturated heterocycles. The second-order valence-electron chi connectivity index (χ2n) is 17.0. The zero-order chi connectivity index (χ0) is 43.6. The summed E-state index contributed by atoms with van der Waals surface area (Å²) >= 11 is 0. The molecule has 4 heteroatoms. The first-order chi connectivity index (χ1) is 32.8. The van der Waals surface area contributed by atoms with E-state index >= 15 is 0 Å². The molecule has 0 amide bonds. The van der Waals surface area contributed by atoms with E-state index in [0.717, 1.165) is 45.5 Å². The van der Waals surface area contributed by atoms with Crippen molar-refractivity contribution in [2.24, 2.45) is 0 Å². The maximum absolute atomic E-state index is 2.46. The highest BCUT2D eigenvalue weighted by atomic mass is 15.2. The van der Waals surface area contributed by atoms with Crippen LogP contribution in [0.4, 0.5) is 34.1 Å². The molecule has 4 nitrogen and oxygen atoms in total. The molecule has 0 spiro atoms. The van der Waals surface area contributed by atoms with E-state index in [0.29, 0.717) is 0 Å². The Morgan fingerprint density at radius 3 is 1.23 bits per heavy atom. The molecule has 310 valence electrons. The first-order valence-corrected chi connectivity index (χ1v) is 22.6. The number of hydrogen-bond donors (Lipinski definition) is 0. The third-order valence-corrected chi connectivity index (χ3v) is 13.2. The summed E-state index contributed by atoms with van der Waals surface area (Å²) in [7, 11) is 0. The minimum Gasteiger partial charge on any atom is -0.310 e. The van der Waals surface area contributed by atoms with Gasteiger partial charge in [0.05, 0.1) is 27.8 Å².